The molecule has 0 spiro atoms. The number of carbonyl (C=O) groups excluding carboxylic acids is 2. The summed E-state index contributed by atoms with van der Waals surface area (Å²) in [4.78, 5) is 26.8. The van der Waals surface area contributed by atoms with Crippen LogP contribution in [0.15, 0.2) is 18.2 Å². The van der Waals surface area contributed by atoms with Gasteiger partial charge in [0, 0.05) is 37.7 Å². The molecule has 5 nitrogen and oxygen atoms in total. The van der Waals surface area contributed by atoms with Gasteiger partial charge in [0.2, 0.25) is 0 Å². The van der Waals surface area contributed by atoms with Crippen LogP contribution in [0.25, 0.3) is 0 Å². The highest BCUT2D eigenvalue weighted by Gasteiger charge is 2.37. The molecule has 1 atom stereocenters. The van der Waals surface area contributed by atoms with Crippen molar-refractivity contribution in [2.75, 3.05) is 26.2 Å². The zero-order valence-electron chi connectivity index (χ0n) is 11.3. The zero-order chi connectivity index (χ0) is 15.0. The highest BCUT2D eigenvalue weighted by Crippen LogP contribution is 2.21. The summed E-state index contributed by atoms with van der Waals surface area (Å²) in [6.07, 6.45) is 0. The number of benzene rings is 1. The second-order valence-corrected chi connectivity index (χ2v) is 5.74. The number of hydrogen-bond donors (Lipinski definition) is 1. The molecule has 3 rings (SSSR count). The number of halogens is 2. The maximum atomic E-state index is 13.3. The van der Waals surface area contributed by atoms with Crippen LogP contribution in [-0.2, 0) is 16.1 Å². The second kappa shape index (κ2) is 5.61. The number of amides is 2. The lowest BCUT2D eigenvalue weighted by Gasteiger charge is -2.43. The SMILES string of the molecule is O=C1NC[C@H]2CN(Cc3cc(F)ccc3Cl)CCN2C1=O. The van der Waals surface area contributed by atoms with Crippen molar-refractivity contribution >= 4 is 23.4 Å². The van der Waals surface area contributed by atoms with Crippen LogP contribution >= 0.6 is 11.6 Å². The Morgan fingerprint density at radius 3 is 2.95 bits per heavy atom. The molecular weight excluding hydrogens is 297 g/mol. The third kappa shape index (κ3) is 2.87. The molecule has 0 radical (unpaired) electrons. The van der Waals surface area contributed by atoms with Crippen LogP contribution in [0, 0.1) is 5.82 Å². The lowest BCUT2D eigenvalue weighted by atomic mass is 10.1. The van der Waals surface area contributed by atoms with Gasteiger partial charge >= 0.3 is 11.8 Å². The van der Waals surface area contributed by atoms with Crippen LogP contribution in [0.2, 0.25) is 5.02 Å². The molecule has 0 bridgehead atoms. The average molecular weight is 312 g/mol. The number of nitrogens with zero attached hydrogens (tertiary/aromatic N) is 2. The van der Waals surface area contributed by atoms with Gasteiger partial charge in [-0.1, -0.05) is 11.6 Å². The van der Waals surface area contributed by atoms with Crippen LogP contribution in [0.5, 0.6) is 0 Å². The van der Waals surface area contributed by atoms with Crippen molar-refractivity contribution in [3.8, 4) is 0 Å². The topological polar surface area (TPSA) is 52.7 Å². The second-order valence-electron chi connectivity index (χ2n) is 5.33. The van der Waals surface area contributed by atoms with Gasteiger partial charge in [0.1, 0.15) is 5.82 Å². The Balaban J connectivity index is 1.68. The molecule has 1 aromatic carbocycles. The molecule has 0 aromatic heterocycles. The lowest BCUT2D eigenvalue weighted by molar-refractivity contribution is -0.152. The summed E-state index contributed by atoms with van der Waals surface area (Å²) in [7, 11) is 0. The molecule has 2 fully saturated rings. The van der Waals surface area contributed by atoms with Gasteiger partial charge in [-0.05, 0) is 23.8 Å². The summed E-state index contributed by atoms with van der Waals surface area (Å²) < 4.78 is 13.3. The summed E-state index contributed by atoms with van der Waals surface area (Å²) in [6.45, 7) is 2.77. The predicted molar refractivity (Wildman–Crippen MR) is 75.2 cm³/mol. The minimum Gasteiger partial charge on any atom is -0.346 e. The summed E-state index contributed by atoms with van der Waals surface area (Å²) in [6, 6.07) is 4.28. The van der Waals surface area contributed by atoms with E-state index in [-0.39, 0.29) is 11.9 Å². The van der Waals surface area contributed by atoms with Crippen LogP contribution in [-0.4, -0.2) is 53.8 Å². The van der Waals surface area contributed by atoms with Gasteiger partial charge in [-0.3, -0.25) is 14.5 Å². The first-order valence-electron chi connectivity index (χ1n) is 6.79. The quantitative estimate of drug-likeness (QED) is 0.815. The van der Waals surface area contributed by atoms with Gasteiger partial charge in [0.15, 0.2) is 0 Å². The van der Waals surface area contributed by atoms with Gasteiger partial charge in [-0.15, -0.1) is 0 Å². The zero-order valence-corrected chi connectivity index (χ0v) is 12.1. The fourth-order valence-electron chi connectivity index (χ4n) is 2.83. The van der Waals surface area contributed by atoms with Crippen LogP contribution in [0.4, 0.5) is 4.39 Å². The highest BCUT2D eigenvalue weighted by atomic mass is 35.5. The molecule has 2 amide bonds. The molecule has 21 heavy (non-hydrogen) atoms. The normalized spacial score (nSPS) is 23.0. The predicted octanol–water partition coefficient (Wildman–Crippen LogP) is 0.622. The third-order valence-corrected chi connectivity index (χ3v) is 4.29. The number of piperazine rings is 2. The molecule has 1 aromatic rings. The fourth-order valence-corrected chi connectivity index (χ4v) is 3.00. The Kier molecular flexibility index (Phi) is 3.82. The minimum absolute atomic E-state index is 0.0312. The average Bonchev–Trinajstić information content (AvgIpc) is 2.47. The maximum Gasteiger partial charge on any atom is 0.312 e. The molecule has 1 N–H and O–H groups in total. The first-order valence-corrected chi connectivity index (χ1v) is 7.17. The van der Waals surface area contributed by atoms with E-state index in [9.17, 15) is 14.0 Å². The van der Waals surface area contributed by atoms with E-state index in [1.165, 1.54) is 12.1 Å². The molecule has 2 heterocycles. The van der Waals surface area contributed by atoms with E-state index in [1.54, 1.807) is 11.0 Å². The molecule has 0 saturated carbocycles. The third-order valence-electron chi connectivity index (χ3n) is 3.92. The van der Waals surface area contributed by atoms with Crippen molar-refractivity contribution in [2.24, 2.45) is 0 Å². The fraction of sp³-hybridized carbons (Fsp3) is 0.429. The Morgan fingerprint density at radius 2 is 2.14 bits per heavy atom. The van der Waals surface area contributed by atoms with Crippen LogP contribution in [0.3, 0.4) is 0 Å². The van der Waals surface area contributed by atoms with Crippen molar-refractivity contribution in [1.29, 1.82) is 0 Å². The van der Waals surface area contributed by atoms with Gasteiger partial charge < -0.3 is 10.2 Å². The summed E-state index contributed by atoms with van der Waals surface area (Å²) in [5.41, 5.74) is 0.733. The molecule has 0 unspecified atom stereocenters. The monoisotopic (exact) mass is 311 g/mol. The van der Waals surface area contributed by atoms with E-state index in [0.717, 1.165) is 5.56 Å². The van der Waals surface area contributed by atoms with E-state index in [0.29, 0.717) is 37.7 Å². The van der Waals surface area contributed by atoms with E-state index < -0.39 is 11.8 Å². The lowest BCUT2D eigenvalue weighted by Crippen LogP contribution is -2.65. The molecule has 7 heteroatoms. The number of fused-ring (bicyclic) bond motifs is 1. The van der Waals surface area contributed by atoms with Crippen LogP contribution in [0.1, 0.15) is 5.56 Å². The van der Waals surface area contributed by atoms with Crippen molar-refractivity contribution in [1.82, 2.24) is 15.1 Å². The largest absolute Gasteiger partial charge is 0.346 e. The summed E-state index contributed by atoms with van der Waals surface area (Å²) in [5.74, 6) is -1.31. The molecular formula is C14H15ClFN3O2. The van der Waals surface area contributed by atoms with E-state index in [4.69, 9.17) is 11.6 Å². The highest BCUT2D eigenvalue weighted by molar-refractivity contribution is 6.35. The van der Waals surface area contributed by atoms with E-state index >= 15 is 0 Å². The number of carbonyl (C=O) groups is 2. The van der Waals surface area contributed by atoms with Gasteiger partial charge in [-0.25, -0.2) is 4.39 Å². The van der Waals surface area contributed by atoms with E-state index in [1.807, 2.05) is 0 Å². The standard InChI is InChI=1S/C14H15ClFN3O2/c15-12-2-1-10(16)5-9(12)7-18-3-4-19-11(8-18)6-17-13(20)14(19)21/h1-2,5,11H,3-4,6-8H2,(H,17,20)/t11-/m0/s1. The van der Waals surface area contributed by atoms with Crippen molar-refractivity contribution < 1.29 is 14.0 Å². The van der Waals surface area contributed by atoms with Crippen molar-refractivity contribution in [2.45, 2.75) is 12.6 Å². The molecule has 2 aliphatic rings. The maximum absolute atomic E-state index is 13.3. The first-order chi connectivity index (χ1) is 10.0. The molecule has 2 saturated heterocycles. The number of nitrogens with one attached hydrogen (secondary N) is 1. The minimum atomic E-state index is -0.534. The van der Waals surface area contributed by atoms with Crippen LogP contribution < -0.4 is 5.32 Å². The van der Waals surface area contributed by atoms with E-state index in [2.05, 4.69) is 10.2 Å². The van der Waals surface area contributed by atoms with Gasteiger partial charge in [-0.2, -0.15) is 0 Å². The Bertz CT molecular complexity index is 596. The summed E-state index contributed by atoms with van der Waals surface area (Å²) >= 11 is 6.08. The van der Waals surface area contributed by atoms with Gasteiger partial charge in [0.05, 0.1) is 6.04 Å². The Labute approximate surface area is 126 Å². The molecule has 112 valence electrons. The van der Waals surface area contributed by atoms with Crippen molar-refractivity contribution in [3.05, 3.63) is 34.6 Å². The van der Waals surface area contributed by atoms with Gasteiger partial charge in [0.25, 0.3) is 0 Å². The summed E-state index contributed by atoms with van der Waals surface area (Å²) in [5, 5.41) is 3.13. The number of hydrogen-bond acceptors (Lipinski definition) is 3. The molecule has 2 aliphatic heterocycles. The Hall–Kier alpha value is -1.66. The first kappa shape index (κ1) is 14.3. The smallest absolute Gasteiger partial charge is 0.312 e. The van der Waals surface area contributed by atoms with Crippen molar-refractivity contribution in [3.63, 3.8) is 0 Å². The molecule has 0 aliphatic carbocycles. The Morgan fingerprint density at radius 1 is 1.33 bits per heavy atom. The number of rotatable bonds is 2.